The van der Waals surface area contributed by atoms with Gasteiger partial charge in [0.05, 0.1) is 23.5 Å². The summed E-state index contributed by atoms with van der Waals surface area (Å²) in [6.07, 6.45) is 19.2. The van der Waals surface area contributed by atoms with Crippen molar-refractivity contribution >= 4 is 45.8 Å². The van der Waals surface area contributed by atoms with Crippen LogP contribution in [0.25, 0.3) is 0 Å². The lowest BCUT2D eigenvalue weighted by Crippen LogP contribution is -2.47. The van der Waals surface area contributed by atoms with Crippen LogP contribution in [0.3, 0.4) is 0 Å². The topological polar surface area (TPSA) is 83.9 Å². The lowest BCUT2D eigenvalue weighted by atomic mass is 10.0. The highest BCUT2D eigenvalue weighted by Crippen LogP contribution is 2.44. The maximum Gasteiger partial charge on any atom is 0.511 e. The smallest absolute Gasteiger partial charge is 0.434 e. The van der Waals surface area contributed by atoms with Gasteiger partial charge in [0.15, 0.2) is 0 Å². The second-order valence-electron chi connectivity index (χ2n) is 13.2. The van der Waals surface area contributed by atoms with Crippen LogP contribution in [0.4, 0.5) is 26.0 Å². The molecule has 0 bridgehead atoms. The Hall–Kier alpha value is -3.11. The molecule has 1 aromatic carbocycles. The summed E-state index contributed by atoms with van der Waals surface area (Å²) in [7, 11) is 2.12. The van der Waals surface area contributed by atoms with Gasteiger partial charge in [-0.1, -0.05) is 115 Å². The fourth-order valence-electron chi connectivity index (χ4n) is 6.34. The number of piperazine rings is 1. The molecule has 0 unspecified atom stereocenters. The molecule has 1 amide bonds. The Morgan fingerprint density at radius 3 is 1.98 bits per heavy atom. The van der Waals surface area contributed by atoms with E-state index < -0.39 is 19.0 Å². The molecule has 0 radical (unpaired) electrons. The molecule has 2 aliphatic rings. The number of unbranched alkanes of at least 4 members (excludes halogenated alkanes) is 15. The lowest BCUT2D eigenvalue weighted by Gasteiger charge is -2.34. The number of amides is 1. The van der Waals surface area contributed by atoms with Gasteiger partial charge < -0.3 is 24.0 Å². The summed E-state index contributed by atoms with van der Waals surface area (Å²) >= 11 is 1.51. The van der Waals surface area contributed by atoms with Crippen molar-refractivity contribution in [3.8, 4) is 0 Å². The number of hydrogen-bond acceptors (Lipinski definition) is 9. The number of anilines is 2. The highest BCUT2D eigenvalue weighted by molar-refractivity contribution is 7.16. The van der Waals surface area contributed by atoms with E-state index in [2.05, 4.69) is 29.8 Å². The molecular formula is C38H58N4O5S. The molecule has 1 aromatic heterocycles. The van der Waals surface area contributed by atoms with Crippen molar-refractivity contribution in [1.29, 1.82) is 0 Å². The van der Waals surface area contributed by atoms with Crippen LogP contribution in [0.15, 0.2) is 35.3 Å². The van der Waals surface area contributed by atoms with Crippen LogP contribution in [0.5, 0.6) is 0 Å². The highest BCUT2D eigenvalue weighted by atomic mass is 32.1. The van der Waals surface area contributed by atoms with Gasteiger partial charge in [0.25, 0.3) is 0 Å². The molecule has 0 aliphatic carbocycles. The molecule has 1 saturated heterocycles. The number of amidine groups is 1. The van der Waals surface area contributed by atoms with E-state index in [0.717, 1.165) is 66.7 Å². The number of carbonyl (C=O) groups is 2. The third-order valence-electron chi connectivity index (χ3n) is 9.19. The third-order valence-corrected chi connectivity index (χ3v) is 10.2. The number of fused-ring (bicyclic) bond motifs is 2. The number of likely N-dealkylation sites (N-methyl/N-ethyl adjacent to an activating group) is 1. The minimum Gasteiger partial charge on any atom is -0.434 e. The molecule has 1 fully saturated rings. The Balaban J connectivity index is 1.11. The molecule has 4 rings (SSSR count). The number of aryl methyl sites for hydroxylation is 1. The van der Waals surface area contributed by atoms with Crippen LogP contribution in [-0.2, 0) is 14.2 Å². The molecule has 48 heavy (non-hydrogen) atoms. The summed E-state index contributed by atoms with van der Waals surface area (Å²) < 4.78 is 15.8. The molecule has 2 aliphatic heterocycles. The van der Waals surface area contributed by atoms with Crippen molar-refractivity contribution in [2.24, 2.45) is 4.99 Å². The van der Waals surface area contributed by atoms with Crippen LogP contribution in [-0.4, -0.2) is 74.5 Å². The molecule has 10 heteroatoms. The monoisotopic (exact) mass is 682 g/mol. The highest BCUT2D eigenvalue weighted by Gasteiger charge is 2.33. The quantitative estimate of drug-likeness (QED) is 0.0828. The summed E-state index contributed by atoms with van der Waals surface area (Å²) in [6.45, 7) is 7.66. The van der Waals surface area contributed by atoms with Gasteiger partial charge in [-0.2, -0.15) is 0 Å². The molecule has 2 aromatic rings. The zero-order valence-corrected chi connectivity index (χ0v) is 30.5. The first-order chi connectivity index (χ1) is 23.5. The number of hydrogen-bond donors (Lipinski definition) is 0. The molecule has 9 nitrogen and oxygen atoms in total. The fraction of sp³-hybridized carbons (Fsp3) is 0.658. The molecular weight excluding hydrogens is 625 g/mol. The number of para-hydroxylation sites is 2. The van der Waals surface area contributed by atoms with E-state index in [0.29, 0.717) is 18.0 Å². The molecule has 0 saturated carbocycles. The van der Waals surface area contributed by atoms with E-state index in [9.17, 15) is 9.59 Å². The number of aliphatic imine (C=N–C) groups is 1. The standard InChI is InChI=1S/C38H58N4O5S/c1-4-5-6-7-8-9-10-11-12-13-14-15-16-17-18-21-28-45-38(44)47-30-46-37(43)42-34-23-20-19-22-33(34)39-35(32-29-31(2)48-36(32)42)41-26-24-40(3)25-27-41/h19-20,22-23,29H,4-18,21,24-28,30H2,1-3H3. The van der Waals surface area contributed by atoms with Crippen molar-refractivity contribution in [2.75, 3.05) is 51.5 Å². The number of ether oxygens (including phenoxy) is 3. The molecule has 0 spiro atoms. The van der Waals surface area contributed by atoms with Crippen LogP contribution in [0.2, 0.25) is 0 Å². The average molecular weight is 683 g/mol. The SMILES string of the molecule is CCCCCCCCCCCCCCCCCCOC(=O)OCOC(=O)N1c2ccccc2N=C(N2CCN(C)CC2)c2cc(C)sc21. The maximum absolute atomic E-state index is 13.5. The normalized spacial score (nSPS) is 14.6. The maximum atomic E-state index is 13.5. The minimum absolute atomic E-state index is 0.301. The van der Waals surface area contributed by atoms with Crippen LogP contribution >= 0.6 is 11.3 Å². The predicted octanol–water partition coefficient (Wildman–Crippen LogP) is 10.3. The van der Waals surface area contributed by atoms with Crippen molar-refractivity contribution in [3.05, 3.63) is 40.8 Å². The summed E-state index contributed by atoms with van der Waals surface area (Å²) in [5, 5.41) is 0.742. The second-order valence-corrected chi connectivity index (χ2v) is 14.4. The Morgan fingerprint density at radius 1 is 0.771 bits per heavy atom. The summed E-state index contributed by atoms with van der Waals surface area (Å²) in [5.41, 5.74) is 2.21. The number of carbonyl (C=O) groups excluding carboxylic acids is 2. The van der Waals surface area contributed by atoms with Gasteiger partial charge in [0.2, 0.25) is 6.79 Å². The molecule has 266 valence electrons. The first-order valence-electron chi connectivity index (χ1n) is 18.5. The minimum atomic E-state index is -0.826. The zero-order chi connectivity index (χ0) is 34.0. The van der Waals surface area contributed by atoms with Gasteiger partial charge in [-0.05, 0) is 38.6 Å². The van der Waals surface area contributed by atoms with Gasteiger partial charge in [-0.25, -0.2) is 19.5 Å². The zero-order valence-electron chi connectivity index (χ0n) is 29.7. The predicted molar refractivity (Wildman–Crippen MR) is 196 cm³/mol. The summed E-state index contributed by atoms with van der Waals surface area (Å²) in [5.74, 6) is 0.860. The van der Waals surface area contributed by atoms with Crippen molar-refractivity contribution in [1.82, 2.24) is 9.80 Å². The van der Waals surface area contributed by atoms with Crippen LogP contribution in [0.1, 0.15) is 120 Å². The first-order valence-corrected chi connectivity index (χ1v) is 19.3. The molecule has 0 N–H and O–H groups in total. The second kappa shape index (κ2) is 21.1. The Morgan fingerprint density at radius 2 is 1.35 bits per heavy atom. The van der Waals surface area contributed by atoms with E-state index in [1.54, 1.807) is 4.90 Å². The number of nitrogens with zero attached hydrogens (tertiary/aromatic N) is 4. The largest absolute Gasteiger partial charge is 0.511 e. The van der Waals surface area contributed by atoms with Crippen molar-refractivity contribution in [2.45, 2.75) is 117 Å². The third kappa shape index (κ3) is 12.1. The Kier molecular flexibility index (Phi) is 16.6. The van der Waals surface area contributed by atoms with Crippen molar-refractivity contribution < 1.29 is 23.8 Å². The van der Waals surface area contributed by atoms with Gasteiger partial charge in [-0.15, -0.1) is 11.3 Å². The summed E-state index contributed by atoms with van der Waals surface area (Å²) in [6, 6.07) is 9.63. The van der Waals surface area contributed by atoms with E-state index >= 15 is 0 Å². The first kappa shape index (κ1) is 37.7. The van der Waals surface area contributed by atoms with Crippen LogP contribution in [0, 0.1) is 6.92 Å². The van der Waals surface area contributed by atoms with Gasteiger partial charge in [-0.3, -0.25) is 0 Å². The molecule has 0 atom stereocenters. The Bertz CT molecular complexity index is 1290. The Labute approximate surface area is 292 Å². The number of thiophene rings is 1. The van der Waals surface area contributed by atoms with E-state index in [1.165, 1.54) is 94.8 Å². The van der Waals surface area contributed by atoms with E-state index in [4.69, 9.17) is 19.2 Å². The fourth-order valence-corrected chi connectivity index (χ4v) is 7.35. The van der Waals surface area contributed by atoms with Crippen molar-refractivity contribution in [3.63, 3.8) is 0 Å². The van der Waals surface area contributed by atoms with E-state index in [1.807, 2.05) is 31.2 Å². The van der Waals surface area contributed by atoms with Gasteiger partial charge >= 0.3 is 12.2 Å². The van der Waals surface area contributed by atoms with Gasteiger partial charge in [0.1, 0.15) is 10.8 Å². The number of benzene rings is 1. The summed E-state index contributed by atoms with van der Waals surface area (Å²) in [4.78, 5) is 38.0. The molecule has 3 heterocycles. The van der Waals surface area contributed by atoms with Crippen LogP contribution < -0.4 is 4.90 Å². The average Bonchev–Trinajstić information content (AvgIpc) is 3.40. The number of rotatable bonds is 19. The van der Waals surface area contributed by atoms with Gasteiger partial charge in [0, 0.05) is 31.1 Å². The lowest BCUT2D eigenvalue weighted by molar-refractivity contribution is -0.0127. The van der Waals surface area contributed by atoms with E-state index in [-0.39, 0.29) is 0 Å².